The van der Waals surface area contributed by atoms with Gasteiger partial charge in [0.05, 0.1) is 11.1 Å². The van der Waals surface area contributed by atoms with Crippen molar-refractivity contribution in [2.24, 2.45) is 0 Å². The summed E-state index contributed by atoms with van der Waals surface area (Å²) < 4.78 is 4.72. The number of ether oxygens (including phenoxy) is 1. The minimum Gasteiger partial charge on any atom is -0.478 e. The fourth-order valence-electron chi connectivity index (χ4n) is 0.886. The molecule has 1 aromatic heterocycles. The van der Waals surface area contributed by atoms with Crippen molar-refractivity contribution in [1.29, 1.82) is 0 Å². The van der Waals surface area contributed by atoms with Gasteiger partial charge in [0.25, 0.3) is 0 Å². The summed E-state index contributed by atoms with van der Waals surface area (Å²) in [6.07, 6.45) is 3.83. The monoisotopic (exact) mass is 207 g/mol. The molecule has 0 unspecified atom stereocenters. The zero-order valence-corrected chi connectivity index (χ0v) is 7.84. The van der Waals surface area contributed by atoms with Crippen LogP contribution in [-0.2, 0) is 4.74 Å². The number of carboxylic acid groups (broad SMARTS) is 1. The van der Waals surface area contributed by atoms with Crippen molar-refractivity contribution in [3.05, 3.63) is 42.2 Å². The lowest BCUT2D eigenvalue weighted by Crippen LogP contribution is -2.07. The van der Waals surface area contributed by atoms with E-state index in [2.05, 4.69) is 11.6 Å². The number of hydrogen-bond donors (Lipinski definition) is 1. The molecule has 5 heteroatoms. The van der Waals surface area contributed by atoms with Crippen LogP contribution in [-0.4, -0.2) is 28.6 Å². The average molecular weight is 207 g/mol. The lowest BCUT2D eigenvalue weighted by Gasteiger charge is -2.01. The molecule has 1 aromatic rings. The van der Waals surface area contributed by atoms with Crippen molar-refractivity contribution in [1.82, 2.24) is 4.98 Å². The van der Waals surface area contributed by atoms with Gasteiger partial charge in [-0.15, -0.1) is 0 Å². The number of nitrogens with zero attached hydrogens (tertiary/aromatic N) is 1. The molecule has 1 N–H and O–H groups in total. The van der Waals surface area contributed by atoms with E-state index in [1.807, 2.05) is 0 Å². The third kappa shape index (κ3) is 2.91. The van der Waals surface area contributed by atoms with E-state index in [9.17, 15) is 9.59 Å². The van der Waals surface area contributed by atoms with E-state index in [4.69, 9.17) is 9.84 Å². The number of esters is 1. The van der Waals surface area contributed by atoms with Crippen molar-refractivity contribution >= 4 is 11.9 Å². The van der Waals surface area contributed by atoms with Crippen LogP contribution in [0.5, 0.6) is 0 Å². The summed E-state index contributed by atoms with van der Waals surface area (Å²) in [6.45, 7) is 3.46. The van der Waals surface area contributed by atoms with E-state index in [0.29, 0.717) is 0 Å². The van der Waals surface area contributed by atoms with E-state index in [1.165, 1.54) is 18.3 Å². The number of aromatic nitrogens is 1. The van der Waals surface area contributed by atoms with Crippen LogP contribution in [0.25, 0.3) is 0 Å². The molecule has 78 valence electrons. The van der Waals surface area contributed by atoms with Crippen molar-refractivity contribution < 1.29 is 19.4 Å². The molecule has 0 aromatic carbocycles. The fraction of sp³-hybridized carbons (Fsp3) is 0.100. The van der Waals surface area contributed by atoms with Gasteiger partial charge < -0.3 is 9.84 Å². The first-order chi connectivity index (χ1) is 7.15. The third-order valence-electron chi connectivity index (χ3n) is 1.55. The summed E-state index contributed by atoms with van der Waals surface area (Å²) in [5, 5.41) is 8.66. The van der Waals surface area contributed by atoms with Crippen LogP contribution in [0.4, 0.5) is 0 Å². The Hall–Kier alpha value is -2.17. The van der Waals surface area contributed by atoms with E-state index in [0.717, 1.165) is 6.20 Å². The van der Waals surface area contributed by atoms with Crippen molar-refractivity contribution in [3.63, 3.8) is 0 Å². The molecular weight excluding hydrogens is 198 g/mol. The molecule has 1 rings (SSSR count). The molecule has 0 amide bonds. The van der Waals surface area contributed by atoms with Crippen LogP contribution >= 0.6 is 0 Å². The Kier molecular flexibility index (Phi) is 3.56. The predicted molar refractivity (Wildman–Crippen MR) is 51.7 cm³/mol. The number of carboxylic acids is 1. The Balaban J connectivity index is 2.85. The van der Waals surface area contributed by atoms with Crippen molar-refractivity contribution in [3.8, 4) is 0 Å². The van der Waals surface area contributed by atoms with Gasteiger partial charge in [-0.3, -0.25) is 4.98 Å². The van der Waals surface area contributed by atoms with Crippen LogP contribution in [0.15, 0.2) is 31.1 Å². The molecule has 15 heavy (non-hydrogen) atoms. The van der Waals surface area contributed by atoms with Crippen molar-refractivity contribution in [2.75, 3.05) is 6.61 Å². The fourth-order valence-corrected chi connectivity index (χ4v) is 0.886. The van der Waals surface area contributed by atoms with Gasteiger partial charge in [0.2, 0.25) is 0 Å². The Morgan fingerprint density at radius 2 is 2.13 bits per heavy atom. The van der Waals surface area contributed by atoms with E-state index in [1.54, 1.807) is 0 Å². The van der Waals surface area contributed by atoms with Gasteiger partial charge in [-0.2, -0.15) is 0 Å². The molecule has 0 saturated heterocycles. The summed E-state index contributed by atoms with van der Waals surface area (Å²) in [6, 6.07) is 1.21. The number of rotatable bonds is 4. The Bertz CT molecular complexity index is 400. The van der Waals surface area contributed by atoms with Crippen LogP contribution in [0.1, 0.15) is 20.7 Å². The molecule has 0 bridgehead atoms. The van der Waals surface area contributed by atoms with E-state index < -0.39 is 11.9 Å². The van der Waals surface area contributed by atoms with Crippen LogP contribution in [0.3, 0.4) is 0 Å². The quantitative estimate of drug-likeness (QED) is 0.591. The first kappa shape index (κ1) is 10.9. The second kappa shape index (κ2) is 4.90. The standard InChI is InChI=1S/C10H9NO4/c1-2-3-15-10(14)8-4-7(9(12)13)5-11-6-8/h2,4-6H,1,3H2,(H,12,13). The molecule has 0 atom stereocenters. The van der Waals surface area contributed by atoms with E-state index in [-0.39, 0.29) is 17.7 Å². The highest BCUT2D eigenvalue weighted by molar-refractivity contribution is 5.93. The van der Waals surface area contributed by atoms with E-state index >= 15 is 0 Å². The van der Waals surface area contributed by atoms with Gasteiger partial charge in [-0.1, -0.05) is 12.7 Å². The predicted octanol–water partition coefficient (Wildman–Crippen LogP) is 1.12. The minimum absolute atomic E-state index is 0.0527. The number of aromatic carboxylic acids is 1. The molecule has 0 spiro atoms. The average Bonchev–Trinajstić information content (AvgIpc) is 2.26. The summed E-state index contributed by atoms with van der Waals surface area (Å²) >= 11 is 0. The second-order valence-electron chi connectivity index (χ2n) is 2.65. The highest BCUT2D eigenvalue weighted by Crippen LogP contribution is 2.04. The second-order valence-corrected chi connectivity index (χ2v) is 2.65. The number of carbonyl (C=O) groups excluding carboxylic acids is 1. The number of carbonyl (C=O) groups is 2. The zero-order chi connectivity index (χ0) is 11.3. The van der Waals surface area contributed by atoms with Gasteiger partial charge >= 0.3 is 11.9 Å². The van der Waals surface area contributed by atoms with Gasteiger partial charge in [0, 0.05) is 12.4 Å². The molecule has 0 aliphatic rings. The molecule has 5 nitrogen and oxygen atoms in total. The maximum atomic E-state index is 11.3. The normalized spacial score (nSPS) is 9.33. The van der Waals surface area contributed by atoms with Crippen LogP contribution in [0, 0.1) is 0 Å². The smallest absolute Gasteiger partial charge is 0.340 e. The van der Waals surface area contributed by atoms with Gasteiger partial charge in [-0.25, -0.2) is 9.59 Å². The van der Waals surface area contributed by atoms with Crippen LogP contribution < -0.4 is 0 Å². The number of pyridine rings is 1. The summed E-state index contributed by atoms with van der Waals surface area (Å²) in [5.41, 5.74) is 0.0554. The SMILES string of the molecule is C=CCOC(=O)c1cncc(C(=O)O)c1. The zero-order valence-electron chi connectivity index (χ0n) is 7.84. The maximum Gasteiger partial charge on any atom is 0.340 e. The summed E-state index contributed by atoms with van der Waals surface area (Å²) in [7, 11) is 0. The van der Waals surface area contributed by atoms with Crippen molar-refractivity contribution in [2.45, 2.75) is 0 Å². The summed E-state index contributed by atoms with van der Waals surface area (Å²) in [5.74, 6) is -1.76. The highest BCUT2D eigenvalue weighted by atomic mass is 16.5. The third-order valence-corrected chi connectivity index (χ3v) is 1.55. The molecule has 1 heterocycles. The number of hydrogen-bond acceptors (Lipinski definition) is 4. The van der Waals surface area contributed by atoms with Gasteiger partial charge in [-0.05, 0) is 6.07 Å². The lowest BCUT2D eigenvalue weighted by molar-refractivity contribution is 0.0549. The van der Waals surface area contributed by atoms with Gasteiger partial charge in [0.1, 0.15) is 6.61 Å². The first-order valence-electron chi connectivity index (χ1n) is 4.11. The van der Waals surface area contributed by atoms with Crippen LogP contribution in [0.2, 0.25) is 0 Å². The molecule has 0 saturated carbocycles. The topological polar surface area (TPSA) is 76.5 Å². The molecular formula is C10H9NO4. The Labute approximate surface area is 86.0 Å². The molecule has 0 fully saturated rings. The Morgan fingerprint density at radius 1 is 1.47 bits per heavy atom. The van der Waals surface area contributed by atoms with Gasteiger partial charge in [0.15, 0.2) is 0 Å². The molecule has 0 radical (unpaired) electrons. The highest BCUT2D eigenvalue weighted by Gasteiger charge is 2.10. The Morgan fingerprint density at radius 3 is 2.73 bits per heavy atom. The molecule has 0 aliphatic heterocycles. The maximum absolute atomic E-state index is 11.3. The largest absolute Gasteiger partial charge is 0.478 e. The first-order valence-corrected chi connectivity index (χ1v) is 4.11. The summed E-state index contributed by atoms with van der Waals surface area (Å²) in [4.78, 5) is 25.5. The lowest BCUT2D eigenvalue weighted by atomic mass is 10.2. The molecule has 0 aliphatic carbocycles. The minimum atomic E-state index is -1.14.